The zero-order valence-corrected chi connectivity index (χ0v) is 25.5. The summed E-state index contributed by atoms with van der Waals surface area (Å²) in [6.45, 7) is 4.58. The first-order valence-corrected chi connectivity index (χ1v) is 16.0. The average molecular weight is 593 g/mol. The lowest BCUT2D eigenvalue weighted by molar-refractivity contribution is 0.669. The van der Waals surface area contributed by atoms with Gasteiger partial charge >= 0.3 is 0 Å². The number of anilines is 2. The Balaban J connectivity index is 1.32. The van der Waals surface area contributed by atoms with E-state index in [1.165, 1.54) is 27.4 Å². The number of nitrogens with zero attached hydrogens (tertiary/aromatic N) is 2. The fourth-order valence-electron chi connectivity index (χ4n) is 7.23. The monoisotopic (exact) mass is 592 g/mol. The minimum Gasteiger partial charge on any atom is -0.454 e. The van der Waals surface area contributed by atoms with Gasteiger partial charge < -0.3 is 13.9 Å². The molecule has 0 radical (unpaired) electrons. The number of benzene rings is 6. The second-order valence-electron chi connectivity index (χ2n) is 12.1. The first-order valence-electron chi connectivity index (χ1n) is 16.0. The van der Waals surface area contributed by atoms with Gasteiger partial charge in [-0.05, 0) is 96.6 Å². The fraction of sp³-hybridized carbons (Fsp3) is 0.0698. The third-order valence-corrected chi connectivity index (χ3v) is 9.37. The van der Waals surface area contributed by atoms with E-state index in [1.807, 2.05) is 6.07 Å². The first kappa shape index (κ1) is 26.6. The second kappa shape index (κ2) is 10.7. The summed E-state index contributed by atoms with van der Waals surface area (Å²) < 4.78 is 9.03. The van der Waals surface area contributed by atoms with Gasteiger partial charge in [0.2, 0.25) is 0 Å². The topological polar surface area (TPSA) is 21.3 Å². The molecule has 0 atom stereocenters. The van der Waals surface area contributed by atoms with Crippen LogP contribution in [0.2, 0.25) is 0 Å². The molecule has 3 heterocycles. The number of hydrogen-bond acceptors (Lipinski definition) is 2. The highest BCUT2D eigenvalue weighted by Gasteiger charge is 2.23. The molecule has 1 aliphatic heterocycles. The second-order valence-corrected chi connectivity index (χ2v) is 12.1. The molecule has 3 heteroatoms. The van der Waals surface area contributed by atoms with Crippen molar-refractivity contribution in [3.05, 3.63) is 163 Å². The number of rotatable bonds is 3. The molecule has 0 saturated carbocycles. The van der Waals surface area contributed by atoms with Gasteiger partial charge in [0, 0.05) is 38.6 Å². The fourth-order valence-corrected chi connectivity index (χ4v) is 7.23. The van der Waals surface area contributed by atoms with Gasteiger partial charge in [-0.25, -0.2) is 0 Å². The van der Waals surface area contributed by atoms with Crippen molar-refractivity contribution in [3.63, 3.8) is 0 Å². The lowest BCUT2D eigenvalue weighted by Crippen LogP contribution is -2.16. The Morgan fingerprint density at radius 1 is 0.587 bits per heavy atom. The number of hydrogen-bond donors (Lipinski definition) is 0. The summed E-state index contributed by atoms with van der Waals surface area (Å²) in [7, 11) is 0. The third kappa shape index (κ3) is 4.20. The van der Waals surface area contributed by atoms with Crippen molar-refractivity contribution in [2.75, 3.05) is 4.90 Å². The molecule has 0 bridgehead atoms. The maximum Gasteiger partial charge on any atom is 0.159 e. The Bertz CT molecular complexity index is 2480. The zero-order valence-electron chi connectivity index (χ0n) is 25.5. The van der Waals surface area contributed by atoms with E-state index in [-0.39, 0.29) is 0 Å². The number of allylic oxidation sites excluding steroid dienone is 2. The number of furan rings is 1. The van der Waals surface area contributed by atoms with E-state index in [0.717, 1.165) is 75.1 Å². The molecule has 220 valence electrons. The maximum atomic E-state index is 6.66. The molecule has 0 N–H and O–H groups in total. The summed E-state index contributed by atoms with van der Waals surface area (Å²) in [5.41, 5.74) is 12.0. The van der Waals surface area contributed by atoms with Crippen molar-refractivity contribution in [2.24, 2.45) is 0 Å². The highest BCUT2D eigenvalue weighted by Crippen LogP contribution is 2.45. The predicted octanol–water partition coefficient (Wildman–Crippen LogP) is 11.9. The van der Waals surface area contributed by atoms with Crippen LogP contribution in [0.15, 0.2) is 162 Å². The van der Waals surface area contributed by atoms with E-state index >= 15 is 0 Å². The molecular weight excluding hydrogens is 560 g/mol. The Morgan fingerprint density at radius 3 is 2.24 bits per heavy atom. The quantitative estimate of drug-likeness (QED) is 0.203. The zero-order chi connectivity index (χ0) is 30.6. The predicted molar refractivity (Wildman–Crippen MR) is 193 cm³/mol. The van der Waals surface area contributed by atoms with Gasteiger partial charge in [-0.3, -0.25) is 0 Å². The Kier molecular flexibility index (Phi) is 6.17. The van der Waals surface area contributed by atoms with Gasteiger partial charge in [0.25, 0.3) is 0 Å². The van der Waals surface area contributed by atoms with Gasteiger partial charge in [-0.2, -0.15) is 0 Å². The van der Waals surface area contributed by atoms with Crippen molar-refractivity contribution >= 4 is 55.1 Å². The van der Waals surface area contributed by atoms with Gasteiger partial charge in [0.1, 0.15) is 5.58 Å². The largest absolute Gasteiger partial charge is 0.454 e. The van der Waals surface area contributed by atoms with Crippen molar-refractivity contribution in [1.82, 2.24) is 4.57 Å². The highest BCUT2D eigenvalue weighted by molar-refractivity contribution is 6.13. The molecule has 1 aliphatic rings. The van der Waals surface area contributed by atoms with Crippen LogP contribution in [-0.4, -0.2) is 4.57 Å². The van der Waals surface area contributed by atoms with E-state index in [2.05, 4.69) is 156 Å². The molecule has 3 nitrogen and oxygen atoms in total. The number of para-hydroxylation sites is 4. The number of aryl methyl sites for hydroxylation is 1. The van der Waals surface area contributed by atoms with Crippen LogP contribution in [-0.2, 0) is 6.42 Å². The molecule has 0 saturated heterocycles. The van der Waals surface area contributed by atoms with Crippen molar-refractivity contribution in [2.45, 2.75) is 19.3 Å². The van der Waals surface area contributed by atoms with Crippen LogP contribution < -0.4 is 4.90 Å². The molecule has 6 aromatic carbocycles. The molecular formula is C43H32N2O. The van der Waals surface area contributed by atoms with Gasteiger partial charge in [-0.15, -0.1) is 0 Å². The SMILES string of the molecule is C=C1/C=C\CCCc2ccccc2N1c1cc(-c2ccc3c(c2)c2ccccc2n3-c2ccccc2)cc2c1oc1ccccc12. The summed E-state index contributed by atoms with van der Waals surface area (Å²) in [4.78, 5) is 2.30. The van der Waals surface area contributed by atoms with Crippen molar-refractivity contribution < 1.29 is 4.42 Å². The van der Waals surface area contributed by atoms with Crippen LogP contribution in [0.3, 0.4) is 0 Å². The van der Waals surface area contributed by atoms with Crippen molar-refractivity contribution in [1.29, 1.82) is 0 Å². The Hall–Kier alpha value is -5.80. The number of aromatic nitrogens is 1. The summed E-state index contributed by atoms with van der Waals surface area (Å²) in [5.74, 6) is 0. The van der Waals surface area contributed by atoms with Crippen LogP contribution in [0.4, 0.5) is 11.4 Å². The van der Waals surface area contributed by atoms with Gasteiger partial charge in [-0.1, -0.05) is 91.5 Å². The van der Waals surface area contributed by atoms with E-state index in [0.29, 0.717) is 0 Å². The van der Waals surface area contributed by atoms with Crippen LogP contribution in [0.1, 0.15) is 18.4 Å². The lowest BCUT2D eigenvalue weighted by Gasteiger charge is -2.28. The van der Waals surface area contributed by atoms with E-state index in [1.54, 1.807) is 0 Å². The molecule has 0 aliphatic carbocycles. The summed E-state index contributed by atoms with van der Waals surface area (Å²) >= 11 is 0. The first-order chi connectivity index (χ1) is 22.7. The van der Waals surface area contributed by atoms with Crippen LogP contribution in [0.5, 0.6) is 0 Å². The van der Waals surface area contributed by atoms with Gasteiger partial charge in [0.05, 0.1) is 16.7 Å². The summed E-state index contributed by atoms with van der Waals surface area (Å²) in [6, 6.07) is 47.9. The lowest BCUT2D eigenvalue weighted by atomic mass is 9.98. The molecule has 0 fully saturated rings. The maximum absolute atomic E-state index is 6.66. The highest BCUT2D eigenvalue weighted by atomic mass is 16.3. The van der Waals surface area contributed by atoms with Crippen LogP contribution in [0.25, 0.3) is 60.6 Å². The molecule has 0 amide bonds. The summed E-state index contributed by atoms with van der Waals surface area (Å²) in [6.07, 6.45) is 7.55. The summed E-state index contributed by atoms with van der Waals surface area (Å²) in [5, 5.41) is 4.69. The minimum atomic E-state index is 0.871. The van der Waals surface area contributed by atoms with Gasteiger partial charge in [0.15, 0.2) is 5.58 Å². The van der Waals surface area contributed by atoms with E-state index in [4.69, 9.17) is 4.42 Å². The standard InChI is InChI=1S/C43H32N2O/c1-29-14-4-2-5-15-30-16-8-11-21-38(30)44(29)41-28-32(27-37-35-20-10-13-23-42(35)46-43(37)41)31-24-25-40-36(26-31)34-19-9-12-22-39(34)45(40)33-17-6-3-7-18-33/h3-4,6-14,16-28H,1-2,5,15H2/b14-4-. The Labute approximate surface area is 267 Å². The smallest absolute Gasteiger partial charge is 0.159 e. The number of fused-ring (bicyclic) bond motifs is 7. The van der Waals surface area contributed by atoms with E-state index < -0.39 is 0 Å². The molecule has 0 spiro atoms. The minimum absolute atomic E-state index is 0.871. The van der Waals surface area contributed by atoms with Crippen molar-refractivity contribution in [3.8, 4) is 16.8 Å². The average Bonchev–Trinajstić information content (AvgIpc) is 3.66. The Morgan fingerprint density at radius 2 is 1.33 bits per heavy atom. The molecule has 8 aromatic rings. The molecule has 9 rings (SSSR count). The van der Waals surface area contributed by atoms with Crippen LogP contribution in [0, 0.1) is 0 Å². The van der Waals surface area contributed by atoms with Crippen LogP contribution >= 0.6 is 0 Å². The molecule has 2 aromatic heterocycles. The third-order valence-electron chi connectivity index (χ3n) is 9.37. The van der Waals surface area contributed by atoms with E-state index in [9.17, 15) is 0 Å². The molecule has 0 unspecified atom stereocenters. The molecule has 46 heavy (non-hydrogen) atoms. The normalized spacial score (nSPS) is 14.4.